The van der Waals surface area contributed by atoms with E-state index < -0.39 is 6.10 Å². The van der Waals surface area contributed by atoms with Crippen molar-refractivity contribution in [2.75, 3.05) is 6.54 Å². The molecule has 2 rings (SSSR count). The minimum Gasteiger partial charge on any atom is -0.508 e. The Morgan fingerprint density at radius 1 is 1.40 bits per heavy atom. The van der Waals surface area contributed by atoms with Gasteiger partial charge in [0, 0.05) is 12.6 Å². The van der Waals surface area contributed by atoms with Gasteiger partial charge in [-0.15, -0.1) is 0 Å². The molecule has 1 atom stereocenters. The van der Waals surface area contributed by atoms with E-state index in [1.165, 1.54) is 19.3 Å². The van der Waals surface area contributed by atoms with E-state index in [4.69, 9.17) is 0 Å². The second-order valence-electron chi connectivity index (χ2n) is 4.15. The van der Waals surface area contributed by atoms with Crippen LogP contribution >= 0.6 is 0 Å². The summed E-state index contributed by atoms with van der Waals surface area (Å²) < 4.78 is 0. The zero-order valence-corrected chi connectivity index (χ0v) is 8.69. The third-order valence-corrected chi connectivity index (χ3v) is 2.96. The molecule has 82 valence electrons. The second-order valence-corrected chi connectivity index (χ2v) is 4.15. The molecular weight excluding hydrogens is 190 g/mol. The standard InChI is InChI=1S/C12H17NO2/c14-11-6-1-3-9(7-11)12(15)8-13-10-4-2-5-10/h1,3,6-7,10,12-15H,2,4-5,8H2. The molecule has 0 aromatic heterocycles. The van der Waals surface area contributed by atoms with Gasteiger partial charge in [0.2, 0.25) is 0 Å². The highest BCUT2D eigenvalue weighted by molar-refractivity contribution is 5.28. The van der Waals surface area contributed by atoms with Gasteiger partial charge in [-0.1, -0.05) is 18.6 Å². The average molecular weight is 207 g/mol. The molecule has 1 aliphatic carbocycles. The zero-order chi connectivity index (χ0) is 10.7. The minimum absolute atomic E-state index is 0.204. The molecule has 1 saturated carbocycles. The fourth-order valence-electron chi connectivity index (χ4n) is 1.74. The van der Waals surface area contributed by atoms with Crippen LogP contribution in [-0.4, -0.2) is 22.8 Å². The van der Waals surface area contributed by atoms with Crippen molar-refractivity contribution in [3.05, 3.63) is 29.8 Å². The lowest BCUT2D eigenvalue weighted by Crippen LogP contribution is -2.37. The molecule has 0 spiro atoms. The summed E-state index contributed by atoms with van der Waals surface area (Å²) >= 11 is 0. The average Bonchev–Trinajstić information content (AvgIpc) is 2.15. The van der Waals surface area contributed by atoms with E-state index in [1.54, 1.807) is 18.2 Å². The van der Waals surface area contributed by atoms with E-state index in [1.807, 2.05) is 6.07 Å². The van der Waals surface area contributed by atoms with Gasteiger partial charge < -0.3 is 15.5 Å². The van der Waals surface area contributed by atoms with Gasteiger partial charge in [-0.25, -0.2) is 0 Å². The number of rotatable bonds is 4. The number of aromatic hydroxyl groups is 1. The maximum atomic E-state index is 9.84. The maximum absolute atomic E-state index is 9.84. The highest BCUT2D eigenvalue weighted by atomic mass is 16.3. The van der Waals surface area contributed by atoms with Crippen LogP contribution in [0.25, 0.3) is 0 Å². The molecule has 1 aliphatic rings. The van der Waals surface area contributed by atoms with Crippen molar-refractivity contribution in [1.82, 2.24) is 5.32 Å². The van der Waals surface area contributed by atoms with Crippen molar-refractivity contribution in [2.24, 2.45) is 0 Å². The summed E-state index contributed by atoms with van der Waals surface area (Å²) in [6, 6.07) is 7.37. The Labute approximate surface area is 89.8 Å². The van der Waals surface area contributed by atoms with E-state index in [9.17, 15) is 10.2 Å². The van der Waals surface area contributed by atoms with Crippen LogP contribution in [0.4, 0.5) is 0 Å². The molecule has 0 saturated heterocycles. The van der Waals surface area contributed by atoms with Crippen molar-refractivity contribution < 1.29 is 10.2 Å². The van der Waals surface area contributed by atoms with Crippen molar-refractivity contribution in [3.8, 4) is 5.75 Å². The molecule has 0 radical (unpaired) electrons. The number of hydrogen-bond donors (Lipinski definition) is 3. The predicted molar refractivity (Wildman–Crippen MR) is 58.7 cm³/mol. The van der Waals surface area contributed by atoms with Crippen molar-refractivity contribution in [2.45, 2.75) is 31.4 Å². The predicted octanol–water partition coefficient (Wildman–Crippen LogP) is 1.57. The number of aliphatic hydroxyl groups excluding tert-OH is 1. The van der Waals surface area contributed by atoms with Gasteiger partial charge in [-0.2, -0.15) is 0 Å². The smallest absolute Gasteiger partial charge is 0.115 e. The lowest BCUT2D eigenvalue weighted by Gasteiger charge is -2.27. The summed E-state index contributed by atoms with van der Waals surface area (Å²) in [7, 11) is 0. The summed E-state index contributed by atoms with van der Waals surface area (Å²) in [5, 5.41) is 22.4. The van der Waals surface area contributed by atoms with Crippen molar-refractivity contribution >= 4 is 0 Å². The fraction of sp³-hybridized carbons (Fsp3) is 0.500. The highest BCUT2D eigenvalue weighted by Crippen LogP contribution is 2.21. The van der Waals surface area contributed by atoms with Gasteiger partial charge in [0.15, 0.2) is 0 Å². The Balaban J connectivity index is 1.86. The number of phenols is 1. The Morgan fingerprint density at radius 2 is 2.20 bits per heavy atom. The lowest BCUT2D eigenvalue weighted by atomic mass is 9.93. The highest BCUT2D eigenvalue weighted by Gasteiger charge is 2.18. The van der Waals surface area contributed by atoms with Crippen molar-refractivity contribution in [1.29, 1.82) is 0 Å². The van der Waals surface area contributed by atoms with Gasteiger partial charge in [0.25, 0.3) is 0 Å². The van der Waals surface area contributed by atoms with E-state index in [0.29, 0.717) is 12.6 Å². The second kappa shape index (κ2) is 4.64. The van der Waals surface area contributed by atoms with Gasteiger partial charge >= 0.3 is 0 Å². The Morgan fingerprint density at radius 3 is 2.80 bits per heavy atom. The van der Waals surface area contributed by atoms with E-state index in [-0.39, 0.29) is 5.75 Å². The molecule has 0 bridgehead atoms. The maximum Gasteiger partial charge on any atom is 0.115 e. The van der Waals surface area contributed by atoms with Crippen LogP contribution in [0.3, 0.4) is 0 Å². The summed E-state index contributed by atoms with van der Waals surface area (Å²) in [6.45, 7) is 0.564. The number of aliphatic hydroxyl groups is 1. The SMILES string of the molecule is Oc1cccc(C(O)CNC2CCC2)c1. The summed E-state index contributed by atoms with van der Waals surface area (Å²) in [6.07, 6.45) is 3.19. The largest absolute Gasteiger partial charge is 0.508 e. The summed E-state index contributed by atoms with van der Waals surface area (Å²) in [5.41, 5.74) is 0.766. The van der Waals surface area contributed by atoms with E-state index in [0.717, 1.165) is 5.56 Å². The van der Waals surface area contributed by atoms with Crippen LogP contribution in [0.5, 0.6) is 5.75 Å². The Bertz CT molecular complexity index is 323. The molecule has 3 N–H and O–H groups in total. The Kier molecular flexibility index (Phi) is 3.23. The number of nitrogens with one attached hydrogen (secondary N) is 1. The molecule has 0 heterocycles. The van der Waals surface area contributed by atoms with Crippen LogP contribution in [-0.2, 0) is 0 Å². The van der Waals surface area contributed by atoms with Crippen molar-refractivity contribution in [3.63, 3.8) is 0 Å². The quantitative estimate of drug-likeness (QED) is 0.702. The summed E-state index contributed by atoms with van der Waals surface area (Å²) in [5.74, 6) is 0.204. The molecule has 0 amide bonds. The first kappa shape index (κ1) is 10.5. The van der Waals surface area contributed by atoms with Gasteiger partial charge in [0.1, 0.15) is 5.75 Å². The molecule has 1 aromatic rings. The van der Waals surface area contributed by atoms with E-state index in [2.05, 4.69) is 5.32 Å². The third kappa shape index (κ3) is 2.70. The Hall–Kier alpha value is -1.06. The third-order valence-electron chi connectivity index (χ3n) is 2.96. The van der Waals surface area contributed by atoms with E-state index >= 15 is 0 Å². The van der Waals surface area contributed by atoms with Crippen LogP contribution in [0.1, 0.15) is 30.9 Å². The molecule has 1 aromatic carbocycles. The molecule has 3 heteroatoms. The van der Waals surface area contributed by atoms with Crippen LogP contribution in [0.2, 0.25) is 0 Å². The first-order valence-corrected chi connectivity index (χ1v) is 5.46. The molecule has 0 aliphatic heterocycles. The number of benzene rings is 1. The first-order chi connectivity index (χ1) is 7.25. The molecule has 15 heavy (non-hydrogen) atoms. The normalized spacial score (nSPS) is 18.5. The fourth-order valence-corrected chi connectivity index (χ4v) is 1.74. The number of hydrogen-bond acceptors (Lipinski definition) is 3. The van der Waals surface area contributed by atoms with Gasteiger partial charge in [0.05, 0.1) is 6.10 Å². The monoisotopic (exact) mass is 207 g/mol. The zero-order valence-electron chi connectivity index (χ0n) is 8.69. The topological polar surface area (TPSA) is 52.5 Å². The lowest BCUT2D eigenvalue weighted by molar-refractivity contribution is 0.161. The first-order valence-electron chi connectivity index (χ1n) is 5.46. The van der Waals surface area contributed by atoms with Crippen LogP contribution < -0.4 is 5.32 Å². The number of phenolic OH excluding ortho intramolecular Hbond substituents is 1. The minimum atomic E-state index is -0.530. The van der Waals surface area contributed by atoms with Gasteiger partial charge in [-0.3, -0.25) is 0 Å². The van der Waals surface area contributed by atoms with Crippen LogP contribution in [0, 0.1) is 0 Å². The van der Waals surface area contributed by atoms with Crippen LogP contribution in [0.15, 0.2) is 24.3 Å². The van der Waals surface area contributed by atoms with Gasteiger partial charge in [-0.05, 0) is 30.5 Å². The summed E-state index contributed by atoms with van der Waals surface area (Å²) in [4.78, 5) is 0. The molecule has 3 nitrogen and oxygen atoms in total. The molecule has 1 fully saturated rings. The molecular formula is C12H17NO2. The molecule has 1 unspecified atom stereocenters.